The predicted octanol–water partition coefficient (Wildman–Crippen LogP) is 2.62. The molecule has 11 nitrogen and oxygen atoms in total. The zero-order valence-corrected chi connectivity index (χ0v) is 24.1. The number of hydrogen-bond acceptors (Lipinski definition) is 8. The number of aromatic nitrogens is 1. The number of nitrogens with zero attached hydrogens (tertiary/aromatic N) is 4. The number of ether oxygens (including phenoxy) is 1. The molecule has 1 spiro atoms. The summed E-state index contributed by atoms with van der Waals surface area (Å²) in [7, 11) is -7.53. The second kappa shape index (κ2) is 10.9. The molecule has 4 heterocycles. The largest absolute Gasteiger partial charge is 0.371 e. The average molecular weight is 609 g/mol. The van der Waals surface area contributed by atoms with Gasteiger partial charge in [-0.25, -0.2) is 8.42 Å². The molecule has 3 aromatic rings. The number of halogens is 1. The lowest BCUT2D eigenvalue weighted by Crippen LogP contribution is -2.55. The van der Waals surface area contributed by atoms with E-state index in [2.05, 4.69) is 9.88 Å². The second-order valence-electron chi connectivity index (χ2n) is 10.2. The van der Waals surface area contributed by atoms with Crippen molar-refractivity contribution in [3.63, 3.8) is 0 Å². The van der Waals surface area contributed by atoms with Crippen LogP contribution in [-0.4, -0.2) is 92.3 Å². The third-order valence-corrected chi connectivity index (χ3v) is 9.34. The summed E-state index contributed by atoms with van der Waals surface area (Å²) >= 11 is 6.05. The minimum Gasteiger partial charge on any atom is -0.371 e. The van der Waals surface area contributed by atoms with Crippen LogP contribution in [0.2, 0.25) is 5.02 Å². The van der Waals surface area contributed by atoms with E-state index in [0.717, 1.165) is 42.4 Å². The van der Waals surface area contributed by atoms with Gasteiger partial charge in [0.25, 0.3) is 10.1 Å². The van der Waals surface area contributed by atoms with Gasteiger partial charge < -0.3 is 14.5 Å². The van der Waals surface area contributed by atoms with E-state index >= 15 is 0 Å². The molecule has 1 amide bonds. The van der Waals surface area contributed by atoms with Crippen molar-refractivity contribution in [2.24, 2.45) is 0 Å². The first-order valence-electron chi connectivity index (χ1n) is 12.6. The number of hydrogen-bond donors (Lipinski definition) is 1. The van der Waals surface area contributed by atoms with Gasteiger partial charge in [-0.2, -0.15) is 12.7 Å². The van der Waals surface area contributed by atoms with Crippen LogP contribution in [0, 0.1) is 0 Å². The van der Waals surface area contributed by atoms with Crippen LogP contribution in [0.15, 0.2) is 65.8 Å². The maximum Gasteiger partial charge on any atom is 0.261 e. The maximum absolute atomic E-state index is 13.5. The first kappa shape index (κ1) is 28.7. The normalized spacial score (nSPS) is 21.3. The molecule has 1 atom stereocenters. The highest BCUT2D eigenvalue weighted by atomic mass is 35.5. The average Bonchev–Trinajstić information content (AvgIpc) is 3.26. The lowest BCUT2D eigenvalue weighted by Gasteiger charge is -2.39. The van der Waals surface area contributed by atoms with E-state index < -0.39 is 32.0 Å². The van der Waals surface area contributed by atoms with Gasteiger partial charge in [-0.3, -0.25) is 14.3 Å². The van der Waals surface area contributed by atoms with Gasteiger partial charge in [0, 0.05) is 36.2 Å². The topological polar surface area (TPSA) is 137 Å². The molecule has 3 aliphatic heterocycles. The van der Waals surface area contributed by atoms with Crippen molar-refractivity contribution < 1.29 is 30.9 Å². The lowest BCUT2D eigenvalue weighted by atomic mass is 9.91. The number of piperazine rings is 1. The quantitative estimate of drug-likeness (QED) is 0.445. The molecule has 3 aliphatic rings. The molecular formula is C26H29ClN4O7S2. The zero-order valence-electron chi connectivity index (χ0n) is 21.7. The summed E-state index contributed by atoms with van der Waals surface area (Å²) in [6.45, 7) is 2.07. The van der Waals surface area contributed by atoms with Crippen molar-refractivity contribution in [2.75, 3.05) is 43.9 Å². The number of rotatable bonds is 3. The van der Waals surface area contributed by atoms with E-state index in [4.69, 9.17) is 20.9 Å². The molecule has 0 radical (unpaired) electrons. The Bertz CT molecular complexity index is 1620. The number of benzene rings is 2. The van der Waals surface area contributed by atoms with Gasteiger partial charge in [0.15, 0.2) is 0 Å². The van der Waals surface area contributed by atoms with Crippen molar-refractivity contribution in [3.8, 4) is 0 Å². The first-order chi connectivity index (χ1) is 18.8. The molecule has 3 fully saturated rings. The highest BCUT2D eigenvalue weighted by Gasteiger charge is 2.52. The van der Waals surface area contributed by atoms with Crippen molar-refractivity contribution in [1.29, 1.82) is 0 Å². The first-order valence-corrected chi connectivity index (χ1v) is 16.2. The van der Waals surface area contributed by atoms with Crippen LogP contribution in [0.25, 0.3) is 10.8 Å². The summed E-state index contributed by atoms with van der Waals surface area (Å²) in [5.41, 5.74) is 0.683. The smallest absolute Gasteiger partial charge is 0.261 e. The SMILES string of the molecule is CS(=O)(=O)O.O=C1CN(S(=O)(=O)c2ccc3cc(Cl)ccc3c2)CC2OC3(CCN(c4ccncc4)CC3)CN12. The Morgan fingerprint density at radius 2 is 1.62 bits per heavy atom. The molecular weight excluding hydrogens is 580 g/mol. The van der Waals surface area contributed by atoms with Gasteiger partial charge >= 0.3 is 0 Å². The molecule has 40 heavy (non-hydrogen) atoms. The number of fused-ring (bicyclic) bond motifs is 2. The Kier molecular flexibility index (Phi) is 7.81. The summed E-state index contributed by atoms with van der Waals surface area (Å²) < 4.78 is 60.5. The number of carbonyl (C=O) groups excluding carboxylic acids is 1. The van der Waals surface area contributed by atoms with Crippen LogP contribution in [-0.2, 0) is 29.7 Å². The van der Waals surface area contributed by atoms with Gasteiger partial charge in [0.2, 0.25) is 15.9 Å². The zero-order chi connectivity index (χ0) is 28.7. The molecule has 214 valence electrons. The summed E-state index contributed by atoms with van der Waals surface area (Å²) in [5, 5.41) is 2.22. The van der Waals surface area contributed by atoms with Crippen LogP contribution in [0.4, 0.5) is 5.69 Å². The third-order valence-electron chi connectivity index (χ3n) is 7.30. The molecule has 0 bridgehead atoms. The molecule has 3 saturated heterocycles. The monoisotopic (exact) mass is 608 g/mol. The Morgan fingerprint density at radius 1 is 1.00 bits per heavy atom. The van der Waals surface area contributed by atoms with E-state index in [1.54, 1.807) is 53.7 Å². The Balaban J connectivity index is 0.000000595. The molecule has 1 N–H and O–H groups in total. The highest BCUT2D eigenvalue weighted by molar-refractivity contribution is 7.89. The van der Waals surface area contributed by atoms with Gasteiger partial charge in [0.1, 0.15) is 6.23 Å². The number of piperidine rings is 1. The van der Waals surface area contributed by atoms with Crippen LogP contribution < -0.4 is 4.90 Å². The summed E-state index contributed by atoms with van der Waals surface area (Å²) in [4.78, 5) is 21.3. The predicted molar refractivity (Wildman–Crippen MR) is 150 cm³/mol. The van der Waals surface area contributed by atoms with Crippen molar-refractivity contribution in [3.05, 3.63) is 65.9 Å². The van der Waals surface area contributed by atoms with Crippen molar-refractivity contribution in [1.82, 2.24) is 14.2 Å². The molecule has 14 heteroatoms. The van der Waals surface area contributed by atoms with E-state index in [1.165, 1.54) is 4.31 Å². The van der Waals surface area contributed by atoms with Gasteiger partial charge in [-0.05, 0) is 60.0 Å². The van der Waals surface area contributed by atoms with E-state index in [1.807, 2.05) is 12.1 Å². The minimum absolute atomic E-state index is 0.128. The standard InChI is InChI=1S/C25H25ClN4O4S.CH4O3S/c26-20-3-1-19-14-22(4-2-18(19)13-20)35(32,33)29-15-23(31)30-17-25(34-24(30)16-29)7-11-28(12-8-25)21-5-9-27-10-6-21;1-5(2,3)4/h1-6,9-10,13-14,24H,7-8,11-12,15-17H2;1H3,(H,2,3,4). The second-order valence-corrected chi connectivity index (χ2v) is 14.0. The Hall–Kier alpha value is -2.81. The number of anilines is 1. The maximum atomic E-state index is 13.5. The molecule has 1 unspecified atom stereocenters. The molecule has 0 aliphatic carbocycles. The van der Waals surface area contributed by atoms with Crippen LogP contribution in [0.3, 0.4) is 0 Å². The lowest BCUT2D eigenvalue weighted by molar-refractivity contribution is -0.144. The van der Waals surface area contributed by atoms with Crippen LogP contribution in [0.5, 0.6) is 0 Å². The number of sulfonamides is 1. The van der Waals surface area contributed by atoms with Crippen molar-refractivity contribution >= 4 is 54.1 Å². The van der Waals surface area contributed by atoms with Crippen molar-refractivity contribution in [2.45, 2.75) is 29.6 Å². The Labute approximate surface area is 238 Å². The fourth-order valence-electron chi connectivity index (χ4n) is 5.36. The van der Waals surface area contributed by atoms with Gasteiger partial charge in [-0.1, -0.05) is 23.7 Å². The molecule has 0 saturated carbocycles. The number of pyridine rings is 1. The number of amides is 1. The molecule has 6 rings (SSSR count). The van der Waals surface area contributed by atoms with E-state index in [9.17, 15) is 21.6 Å². The van der Waals surface area contributed by atoms with Crippen LogP contribution in [0.1, 0.15) is 12.8 Å². The summed E-state index contributed by atoms with van der Waals surface area (Å²) in [6.07, 6.45) is 5.25. The van der Waals surface area contributed by atoms with Gasteiger partial charge in [-0.15, -0.1) is 0 Å². The number of carbonyl (C=O) groups is 1. The fraction of sp³-hybridized carbons (Fsp3) is 0.385. The van der Waals surface area contributed by atoms with E-state index in [0.29, 0.717) is 17.8 Å². The molecule has 2 aromatic carbocycles. The third kappa shape index (κ3) is 6.24. The summed E-state index contributed by atoms with van der Waals surface area (Å²) in [5.74, 6) is -0.217. The fourth-order valence-corrected chi connectivity index (χ4v) is 6.96. The van der Waals surface area contributed by atoms with Crippen LogP contribution >= 0.6 is 11.6 Å². The minimum atomic E-state index is -3.86. The van der Waals surface area contributed by atoms with E-state index in [-0.39, 0.29) is 23.9 Å². The highest BCUT2D eigenvalue weighted by Crippen LogP contribution is 2.39. The molecule has 1 aromatic heterocycles. The Morgan fingerprint density at radius 3 is 2.30 bits per heavy atom. The summed E-state index contributed by atoms with van der Waals surface area (Å²) in [6, 6.07) is 14.2. The van der Waals surface area contributed by atoms with Gasteiger partial charge in [0.05, 0.1) is 36.4 Å².